The Morgan fingerprint density at radius 2 is 2.44 bits per heavy atom. The SMILES string of the molecule is CNCc1cnc(N2CCCC(OC)C2)c(Cl)c1. The van der Waals surface area contributed by atoms with Crippen LogP contribution in [0.5, 0.6) is 0 Å². The monoisotopic (exact) mass is 269 g/mol. The minimum Gasteiger partial charge on any atom is -0.380 e. The molecule has 0 saturated carbocycles. The highest BCUT2D eigenvalue weighted by Gasteiger charge is 2.22. The summed E-state index contributed by atoms with van der Waals surface area (Å²) in [6.45, 7) is 2.65. The first-order chi connectivity index (χ1) is 8.74. The molecule has 2 rings (SSSR count). The fraction of sp³-hybridized carbons (Fsp3) is 0.615. The van der Waals surface area contributed by atoms with Crippen molar-refractivity contribution in [3.63, 3.8) is 0 Å². The first-order valence-corrected chi connectivity index (χ1v) is 6.69. The predicted octanol–water partition coefficient (Wildman–Crippen LogP) is 2.07. The number of anilines is 1. The van der Waals surface area contributed by atoms with Gasteiger partial charge in [0, 0.05) is 32.9 Å². The van der Waals surface area contributed by atoms with E-state index in [1.54, 1.807) is 7.11 Å². The number of nitrogens with zero attached hydrogens (tertiary/aromatic N) is 2. The summed E-state index contributed by atoms with van der Waals surface area (Å²) in [5.74, 6) is 0.873. The van der Waals surface area contributed by atoms with Crippen LogP contribution in [0.4, 0.5) is 5.82 Å². The van der Waals surface area contributed by atoms with Crippen LogP contribution in [0, 0.1) is 0 Å². The summed E-state index contributed by atoms with van der Waals surface area (Å²) >= 11 is 6.32. The lowest BCUT2D eigenvalue weighted by molar-refractivity contribution is 0.0891. The number of aromatic nitrogens is 1. The first kappa shape index (κ1) is 13.6. The highest BCUT2D eigenvalue weighted by atomic mass is 35.5. The van der Waals surface area contributed by atoms with E-state index in [0.29, 0.717) is 0 Å². The second-order valence-corrected chi connectivity index (χ2v) is 5.03. The zero-order chi connectivity index (χ0) is 13.0. The van der Waals surface area contributed by atoms with Crippen molar-refractivity contribution < 1.29 is 4.74 Å². The standard InChI is InChI=1S/C13H20ClN3O/c1-15-7-10-6-12(14)13(16-8-10)17-5-3-4-11(9-17)18-2/h6,8,11,15H,3-5,7,9H2,1-2H3. The van der Waals surface area contributed by atoms with Gasteiger partial charge in [-0.2, -0.15) is 0 Å². The van der Waals surface area contributed by atoms with Crippen LogP contribution in [0.2, 0.25) is 5.02 Å². The fourth-order valence-electron chi connectivity index (χ4n) is 2.33. The molecule has 1 aliphatic rings. The molecule has 1 saturated heterocycles. The Hall–Kier alpha value is -0.840. The van der Waals surface area contributed by atoms with Gasteiger partial charge in [-0.3, -0.25) is 0 Å². The molecular formula is C13H20ClN3O. The Morgan fingerprint density at radius 1 is 1.61 bits per heavy atom. The molecule has 1 N–H and O–H groups in total. The van der Waals surface area contributed by atoms with Crippen LogP contribution in [-0.4, -0.2) is 38.3 Å². The Balaban J connectivity index is 2.12. The number of methoxy groups -OCH3 is 1. The van der Waals surface area contributed by atoms with Gasteiger partial charge in [0.2, 0.25) is 0 Å². The average molecular weight is 270 g/mol. The van der Waals surface area contributed by atoms with Crippen LogP contribution >= 0.6 is 11.6 Å². The molecule has 0 spiro atoms. The molecule has 0 bridgehead atoms. The maximum absolute atomic E-state index is 6.32. The molecule has 18 heavy (non-hydrogen) atoms. The number of ether oxygens (including phenoxy) is 1. The number of hydrogen-bond donors (Lipinski definition) is 1. The summed E-state index contributed by atoms with van der Waals surface area (Å²) < 4.78 is 5.42. The summed E-state index contributed by atoms with van der Waals surface area (Å²) in [5, 5.41) is 3.82. The lowest BCUT2D eigenvalue weighted by Gasteiger charge is -2.33. The van der Waals surface area contributed by atoms with Crippen LogP contribution in [0.25, 0.3) is 0 Å². The molecule has 0 aromatic carbocycles. The number of nitrogens with one attached hydrogen (secondary N) is 1. The molecule has 1 aromatic heterocycles. The molecule has 0 amide bonds. The lowest BCUT2D eigenvalue weighted by atomic mass is 10.1. The van der Waals surface area contributed by atoms with Gasteiger partial charge in [-0.15, -0.1) is 0 Å². The third-order valence-electron chi connectivity index (χ3n) is 3.27. The molecule has 100 valence electrons. The first-order valence-electron chi connectivity index (χ1n) is 6.31. The Kier molecular flexibility index (Phi) is 4.80. The molecule has 1 atom stereocenters. The van der Waals surface area contributed by atoms with E-state index >= 15 is 0 Å². The predicted molar refractivity (Wildman–Crippen MR) is 74.3 cm³/mol. The minimum atomic E-state index is 0.286. The quantitative estimate of drug-likeness (QED) is 0.908. The zero-order valence-electron chi connectivity index (χ0n) is 10.9. The molecule has 0 aliphatic carbocycles. The van der Waals surface area contributed by atoms with E-state index in [1.807, 2.05) is 19.3 Å². The summed E-state index contributed by atoms with van der Waals surface area (Å²) in [6.07, 6.45) is 4.40. The average Bonchev–Trinajstić information content (AvgIpc) is 2.39. The third-order valence-corrected chi connectivity index (χ3v) is 3.55. The summed E-state index contributed by atoms with van der Waals surface area (Å²) in [4.78, 5) is 6.70. The highest BCUT2D eigenvalue weighted by Crippen LogP contribution is 2.27. The van der Waals surface area contributed by atoms with Crippen molar-refractivity contribution in [2.75, 3.05) is 32.1 Å². The van der Waals surface area contributed by atoms with E-state index in [1.165, 1.54) is 0 Å². The smallest absolute Gasteiger partial charge is 0.147 e. The third kappa shape index (κ3) is 3.13. The summed E-state index contributed by atoms with van der Waals surface area (Å²) in [6, 6.07) is 1.98. The van der Waals surface area contributed by atoms with Gasteiger partial charge in [0.05, 0.1) is 11.1 Å². The van der Waals surface area contributed by atoms with Gasteiger partial charge in [-0.05, 0) is 31.5 Å². The van der Waals surface area contributed by atoms with Crippen molar-refractivity contribution in [3.05, 3.63) is 22.8 Å². The van der Waals surface area contributed by atoms with Gasteiger partial charge >= 0.3 is 0 Å². The minimum absolute atomic E-state index is 0.286. The maximum atomic E-state index is 6.32. The van der Waals surface area contributed by atoms with Crippen molar-refractivity contribution in [3.8, 4) is 0 Å². The van der Waals surface area contributed by atoms with E-state index in [9.17, 15) is 0 Å². The number of pyridine rings is 1. The molecule has 1 unspecified atom stereocenters. The van der Waals surface area contributed by atoms with E-state index < -0.39 is 0 Å². The molecular weight excluding hydrogens is 250 g/mol. The van der Waals surface area contributed by atoms with E-state index in [-0.39, 0.29) is 6.10 Å². The molecule has 1 aromatic rings. The van der Waals surface area contributed by atoms with Crippen LogP contribution in [0.3, 0.4) is 0 Å². The molecule has 5 heteroatoms. The van der Waals surface area contributed by atoms with Crippen molar-refractivity contribution in [1.82, 2.24) is 10.3 Å². The Bertz CT molecular complexity index is 400. The van der Waals surface area contributed by atoms with Crippen LogP contribution < -0.4 is 10.2 Å². The van der Waals surface area contributed by atoms with E-state index in [2.05, 4.69) is 15.2 Å². The van der Waals surface area contributed by atoms with E-state index in [4.69, 9.17) is 16.3 Å². The largest absolute Gasteiger partial charge is 0.380 e. The summed E-state index contributed by atoms with van der Waals surface area (Å²) in [7, 11) is 3.68. The van der Waals surface area contributed by atoms with Gasteiger partial charge in [0.15, 0.2) is 0 Å². The second-order valence-electron chi connectivity index (χ2n) is 4.63. The van der Waals surface area contributed by atoms with Gasteiger partial charge in [0.25, 0.3) is 0 Å². The fourth-order valence-corrected chi connectivity index (χ4v) is 2.64. The van der Waals surface area contributed by atoms with Gasteiger partial charge in [-0.1, -0.05) is 11.6 Å². The highest BCUT2D eigenvalue weighted by molar-refractivity contribution is 6.33. The van der Waals surface area contributed by atoms with E-state index in [0.717, 1.165) is 48.9 Å². The van der Waals surface area contributed by atoms with Gasteiger partial charge < -0.3 is 15.0 Å². The van der Waals surface area contributed by atoms with Crippen molar-refractivity contribution in [2.24, 2.45) is 0 Å². The van der Waals surface area contributed by atoms with Crippen molar-refractivity contribution in [2.45, 2.75) is 25.5 Å². The number of halogens is 1. The molecule has 4 nitrogen and oxygen atoms in total. The second kappa shape index (κ2) is 6.36. The summed E-state index contributed by atoms with van der Waals surface area (Å²) in [5.41, 5.74) is 1.10. The van der Waals surface area contributed by atoms with Crippen LogP contribution in [-0.2, 0) is 11.3 Å². The van der Waals surface area contributed by atoms with Gasteiger partial charge in [-0.25, -0.2) is 4.98 Å². The Labute approximate surface area is 113 Å². The van der Waals surface area contributed by atoms with Crippen molar-refractivity contribution >= 4 is 17.4 Å². The lowest BCUT2D eigenvalue weighted by Crippen LogP contribution is -2.39. The van der Waals surface area contributed by atoms with Crippen molar-refractivity contribution in [1.29, 1.82) is 0 Å². The molecule has 1 fully saturated rings. The maximum Gasteiger partial charge on any atom is 0.147 e. The molecule has 2 heterocycles. The zero-order valence-corrected chi connectivity index (χ0v) is 11.7. The molecule has 0 radical (unpaired) electrons. The normalized spacial score (nSPS) is 20.2. The van der Waals surface area contributed by atoms with Crippen LogP contribution in [0.15, 0.2) is 12.3 Å². The number of piperidine rings is 1. The van der Waals surface area contributed by atoms with Gasteiger partial charge in [0.1, 0.15) is 5.82 Å². The van der Waals surface area contributed by atoms with Crippen LogP contribution in [0.1, 0.15) is 18.4 Å². The topological polar surface area (TPSA) is 37.4 Å². The number of rotatable bonds is 4. The number of hydrogen-bond acceptors (Lipinski definition) is 4. The molecule has 1 aliphatic heterocycles. The Morgan fingerprint density at radius 3 is 3.11 bits per heavy atom.